The van der Waals surface area contributed by atoms with E-state index in [0.29, 0.717) is 6.26 Å². The maximum Gasteiger partial charge on any atom is 0.754 e. The average Bonchev–Trinajstić information content (AvgIpc) is 1.79. The number of hydrogen-bond donors (Lipinski definition) is 1. The highest BCUT2D eigenvalue weighted by Gasteiger charge is 2.35. The van der Waals surface area contributed by atoms with Gasteiger partial charge in [-0.05, 0) is 0 Å². The van der Waals surface area contributed by atoms with Crippen molar-refractivity contribution in [3.63, 3.8) is 0 Å². The second kappa shape index (κ2) is 3.54. The molecule has 0 saturated heterocycles. The van der Waals surface area contributed by atoms with Crippen LogP contribution in [0, 0.1) is 0 Å². The van der Waals surface area contributed by atoms with Gasteiger partial charge in [-0.3, -0.25) is 0 Å². The zero-order chi connectivity index (χ0) is 9.07. The standard InChI is InChI=1S/C2H3N2O5PS/c1-11(7,8)2(4-3)9-10(5)6/h1H3/p+1. The molecule has 0 aromatic rings. The van der Waals surface area contributed by atoms with Gasteiger partial charge in [-0.25, -0.2) is 8.42 Å². The Morgan fingerprint density at radius 3 is 2.27 bits per heavy atom. The zero-order valence-electron chi connectivity index (χ0n) is 5.33. The molecule has 1 N–H and O–H groups in total. The summed E-state index contributed by atoms with van der Waals surface area (Å²) in [6, 6.07) is 0. The van der Waals surface area contributed by atoms with E-state index in [2.05, 4.69) is 9.31 Å². The van der Waals surface area contributed by atoms with Crippen molar-refractivity contribution in [1.29, 1.82) is 0 Å². The quantitative estimate of drug-likeness (QED) is 0.196. The maximum atomic E-state index is 10.4. The van der Waals surface area contributed by atoms with E-state index in [1.54, 1.807) is 0 Å². The SMILES string of the molecule is CS(=O)(=O)C(=[N+]=[N-])O[P+](=O)O. The normalized spacial score (nSPS) is 11.6. The Hall–Kier alpha value is -0.810. The second-order valence-electron chi connectivity index (χ2n) is 1.47. The van der Waals surface area contributed by atoms with E-state index in [9.17, 15) is 13.0 Å². The van der Waals surface area contributed by atoms with E-state index >= 15 is 0 Å². The van der Waals surface area contributed by atoms with Gasteiger partial charge in [0.1, 0.15) is 0 Å². The predicted octanol–water partition coefficient (Wildman–Crippen LogP) is -0.717. The van der Waals surface area contributed by atoms with Crippen LogP contribution in [0.15, 0.2) is 0 Å². The lowest BCUT2D eigenvalue weighted by Crippen LogP contribution is -2.14. The molecule has 0 aliphatic heterocycles. The number of hydrogen-bond acceptors (Lipinski definition) is 4. The lowest BCUT2D eigenvalue weighted by atomic mass is 11.5. The molecule has 0 aromatic heterocycles. The van der Waals surface area contributed by atoms with Crippen molar-refractivity contribution in [2.75, 3.05) is 6.26 Å². The molecule has 0 bridgehead atoms. The molecule has 0 spiro atoms. The Labute approximate surface area is 63.1 Å². The molecular weight excluding hydrogens is 195 g/mol. The topological polar surface area (TPSA) is 117 Å². The van der Waals surface area contributed by atoms with Crippen LogP contribution in [-0.4, -0.2) is 29.6 Å². The third-order valence-electron chi connectivity index (χ3n) is 0.555. The van der Waals surface area contributed by atoms with Crippen LogP contribution >= 0.6 is 8.25 Å². The molecule has 1 atom stereocenters. The van der Waals surface area contributed by atoms with Crippen molar-refractivity contribution in [2.24, 2.45) is 0 Å². The molecule has 0 radical (unpaired) electrons. The van der Waals surface area contributed by atoms with Crippen LogP contribution in [0.3, 0.4) is 0 Å². The summed E-state index contributed by atoms with van der Waals surface area (Å²) < 4.78 is 34.5. The Morgan fingerprint density at radius 1 is 1.73 bits per heavy atom. The summed E-state index contributed by atoms with van der Waals surface area (Å²) in [6.45, 7) is 0. The number of nitrogens with zero attached hydrogens (tertiary/aromatic N) is 2. The second-order valence-corrected chi connectivity index (χ2v) is 4.02. The van der Waals surface area contributed by atoms with Crippen LogP contribution in [0.1, 0.15) is 0 Å². The molecule has 0 fully saturated rings. The molecule has 9 heteroatoms. The van der Waals surface area contributed by atoms with Crippen molar-refractivity contribution in [3.8, 4) is 0 Å². The Bertz CT molecular complexity index is 313. The van der Waals surface area contributed by atoms with Gasteiger partial charge in [0.05, 0.1) is 6.26 Å². The first-order chi connectivity index (χ1) is 4.88. The van der Waals surface area contributed by atoms with Crippen LogP contribution in [0.4, 0.5) is 0 Å². The molecule has 0 heterocycles. The summed E-state index contributed by atoms with van der Waals surface area (Å²) in [5.74, 6) is 0. The molecule has 0 saturated carbocycles. The van der Waals surface area contributed by atoms with Crippen LogP contribution in [-0.2, 0) is 18.9 Å². The maximum absolute atomic E-state index is 10.4. The van der Waals surface area contributed by atoms with Gasteiger partial charge >= 0.3 is 13.5 Å². The lowest BCUT2D eigenvalue weighted by Gasteiger charge is -1.79. The van der Waals surface area contributed by atoms with Crippen LogP contribution in [0.25, 0.3) is 5.53 Å². The Balaban J connectivity index is 4.76. The van der Waals surface area contributed by atoms with Gasteiger partial charge in [-0.15, -0.1) is 14.2 Å². The Kier molecular flexibility index (Phi) is 3.28. The first-order valence-electron chi connectivity index (χ1n) is 2.14. The monoisotopic (exact) mass is 199 g/mol. The molecule has 7 nitrogen and oxygen atoms in total. The van der Waals surface area contributed by atoms with E-state index < -0.39 is 23.3 Å². The summed E-state index contributed by atoms with van der Waals surface area (Å²) >= 11 is 0. The molecule has 0 aliphatic carbocycles. The summed E-state index contributed by atoms with van der Waals surface area (Å²) in [5, 5.41) is -1.18. The zero-order valence-corrected chi connectivity index (χ0v) is 7.04. The van der Waals surface area contributed by atoms with Gasteiger partial charge < -0.3 is 5.53 Å². The molecule has 11 heavy (non-hydrogen) atoms. The highest BCUT2D eigenvalue weighted by Crippen LogP contribution is 2.15. The van der Waals surface area contributed by atoms with Crippen molar-refractivity contribution < 1.29 is 27.2 Å². The van der Waals surface area contributed by atoms with Gasteiger partial charge in [0.2, 0.25) is 0 Å². The van der Waals surface area contributed by atoms with E-state index in [1.165, 1.54) is 0 Å². The van der Waals surface area contributed by atoms with Gasteiger partial charge in [0.25, 0.3) is 9.84 Å². The highest BCUT2D eigenvalue weighted by molar-refractivity contribution is 8.05. The minimum absolute atomic E-state index is 0.668. The first kappa shape index (κ1) is 10.2. The van der Waals surface area contributed by atoms with E-state index in [4.69, 9.17) is 10.4 Å². The lowest BCUT2D eigenvalue weighted by molar-refractivity contribution is -0.0204. The fraction of sp³-hybridized carbons (Fsp3) is 0.500. The van der Waals surface area contributed by atoms with Crippen molar-refractivity contribution >= 4 is 23.3 Å². The molecule has 62 valence electrons. The van der Waals surface area contributed by atoms with Crippen LogP contribution in [0.2, 0.25) is 0 Å². The minimum Gasteiger partial charge on any atom is -0.356 e. The molecule has 1 unspecified atom stereocenters. The minimum atomic E-state index is -3.88. The average molecular weight is 199 g/mol. The summed E-state index contributed by atoms with van der Waals surface area (Å²) in [5.41, 5.74) is 7.95. The molecule has 0 aliphatic rings. The van der Waals surface area contributed by atoms with Crippen LogP contribution in [0.5, 0.6) is 0 Å². The largest absolute Gasteiger partial charge is 0.754 e. The summed E-state index contributed by atoms with van der Waals surface area (Å²) in [6.07, 6.45) is 0.668. The van der Waals surface area contributed by atoms with Gasteiger partial charge in [-0.1, -0.05) is 0 Å². The third-order valence-corrected chi connectivity index (χ3v) is 1.81. The van der Waals surface area contributed by atoms with E-state index in [0.717, 1.165) is 0 Å². The summed E-state index contributed by atoms with van der Waals surface area (Å²) in [4.78, 5) is 10.2. The van der Waals surface area contributed by atoms with Gasteiger partial charge in [-0.2, -0.15) is 0 Å². The molecule has 0 rings (SSSR count). The molecular formula is C2H4N2O5PS+. The van der Waals surface area contributed by atoms with Crippen molar-refractivity contribution in [3.05, 3.63) is 5.53 Å². The van der Waals surface area contributed by atoms with Crippen molar-refractivity contribution in [2.45, 2.75) is 0 Å². The predicted molar refractivity (Wildman–Crippen MR) is 34.4 cm³/mol. The molecule has 0 amide bonds. The number of rotatable bonds is 1. The van der Waals surface area contributed by atoms with Crippen molar-refractivity contribution in [1.82, 2.24) is 0 Å². The highest BCUT2D eigenvalue weighted by atomic mass is 32.2. The van der Waals surface area contributed by atoms with E-state index in [-0.39, 0.29) is 0 Å². The van der Waals surface area contributed by atoms with Gasteiger partial charge in [0, 0.05) is 4.57 Å². The van der Waals surface area contributed by atoms with E-state index in [1.807, 2.05) is 0 Å². The third kappa shape index (κ3) is 3.79. The fourth-order valence-corrected chi connectivity index (χ4v) is 1.28. The summed E-state index contributed by atoms with van der Waals surface area (Å²) in [7, 11) is -7.01. The molecule has 0 aromatic carbocycles. The smallest absolute Gasteiger partial charge is 0.356 e. The Morgan fingerprint density at radius 2 is 2.18 bits per heavy atom. The van der Waals surface area contributed by atoms with Gasteiger partial charge in [0.15, 0.2) is 0 Å². The van der Waals surface area contributed by atoms with Crippen LogP contribution < -0.4 is 0 Å². The first-order valence-corrected chi connectivity index (χ1v) is 5.16. The fourth-order valence-electron chi connectivity index (χ4n) is 0.227. The number of sulfone groups is 1.